The number of carbonyl (C=O) groups excluding carboxylic acids is 3. The number of aryl methyl sites for hydroxylation is 2. The van der Waals surface area contributed by atoms with Crippen LogP contribution in [-0.4, -0.2) is 36.0 Å². The second-order valence-electron chi connectivity index (χ2n) is 10.4. The molecule has 39 heavy (non-hydrogen) atoms. The fourth-order valence-electron chi connectivity index (χ4n) is 5.00. The highest BCUT2D eigenvalue weighted by molar-refractivity contribution is 6.10. The number of benzene rings is 3. The maximum absolute atomic E-state index is 13.4. The van der Waals surface area contributed by atoms with Crippen LogP contribution in [0.15, 0.2) is 78.9 Å². The first-order valence-corrected chi connectivity index (χ1v) is 13.3. The van der Waals surface area contributed by atoms with Crippen molar-refractivity contribution in [3.8, 4) is 5.75 Å². The number of methoxy groups -OCH3 is 1. The lowest BCUT2D eigenvalue weighted by Gasteiger charge is -2.51. The van der Waals surface area contributed by atoms with Crippen molar-refractivity contribution in [2.24, 2.45) is 5.41 Å². The Morgan fingerprint density at radius 3 is 2.26 bits per heavy atom. The second kappa shape index (κ2) is 12.2. The molecule has 1 fully saturated rings. The van der Waals surface area contributed by atoms with E-state index in [2.05, 4.69) is 29.6 Å². The highest BCUT2D eigenvalue weighted by atomic mass is 16.5. The third-order valence-electron chi connectivity index (χ3n) is 7.47. The Labute approximate surface area is 230 Å². The molecule has 1 unspecified atom stereocenters. The van der Waals surface area contributed by atoms with Crippen LogP contribution < -0.4 is 10.1 Å². The molecule has 0 radical (unpaired) electrons. The number of hydrogen-bond donors (Lipinski definition) is 1. The van der Waals surface area contributed by atoms with E-state index in [1.165, 1.54) is 11.1 Å². The van der Waals surface area contributed by atoms with Crippen LogP contribution in [-0.2, 0) is 27.4 Å². The summed E-state index contributed by atoms with van der Waals surface area (Å²) in [5, 5.41) is 2.87. The number of esters is 1. The highest BCUT2D eigenvalue weighted by Crippen LogP contribution is 2.44. The third kappa shape index (κ3) is 6.30. The Bertz CT molecular complexity index is 1290. The molecule has 0 spiro atoms. The van der Waals surface area contributed by atoms with Crippen molar-refractivity contribution in [2.75, 3.05) is 7.11 Å². The molecule has 0 bridgehead atoms. The average molecular weight is 529 g/mol. The summed E-state index contributed by atoms with van der Waals surface area (Å²) < 4.78 is 10.8. The maximum atomic E-state index is 13.4. The minimum Gasteiger partial charge on any atom is -0.497 e. The number of imide groups is 1. The van der Waals surface area contributed by atoms with Gasteiger partial charge in [-0.1, -0.05) is 72.3 Å². The molecule has 0 aromatic heterocycles. The van der Waals surface area contributed by atoms with Gasteiger partial charge in [0.25, 0.3) is 0 Å². The minimum absolute atomic E-state index is 0.0306. The Kier molecular flexibility index (Phi) is 8.69. The van der Waals surface area contributed by atoms with Gasteiger partial charge in [0.05, 0.1) is 18.6 Å². The fraction of sp³-hybridized carbons (Fsp3) is 0.344. The molecule has 1 N–H and O–H groups in total. The molecule has 3 aromatic carbocycles. The zero-order valence-electron chi connectivity index (χ0n) is 23.0. The molecule has 1 heterocycles. The van der Waals surface area contributed by atoms with E-state index in [0.717, 1.165) is 22.4 Å². The van der Waals surface area contributed by atoms with E-state index in [1.807, 2.05) is 56.3 Å². The van der Waals surface area contributed by atoms with Crippen molar-refractivity contribution in [1.82, 2.24) is 10.2 Å². The molecule has 4 rings (SSSR count). The first-order chi connectivity index (χ1) is 18.7. The number of amides is 3. The molecule has 3 aromatic rings. The van der Waals surface area contributed by atoms with Crippen molar-refractivity contribution in [3.05, 3.63) is 101 Å². The topological polar surface area (TPSA) is 84.9 Å². The molecule has 1 aliphatic rings. The van der Waals surface area contributed by atoms with Crippen LogP contribution in [0.1, 0.15) is 55.0 Å². The Morgan fingerprint density at radius 2 is 1.62 bits per heavy atom. The average Bonchev–Trinajstić information content (AvgIpc) is 2.95. The zero-order valence-corrected chi connectivity index (χ0v) is 23.0. The van der Waals surface area contributed by atoms with Gasteiger partial charge in [0.1, 0.15) is 12.4 Å². The molecule has 0 saturated carbocycles. The SMILES string of the molecule is COc1ccc(COC(=O)[C@H]2N(C(=O)N[C@H](C)c3ccccc3)C(=O)C2(C)CCCc2ccc(C)cc2)cc1. The molecular weight excluding hydrogens is 492 g/mol. The molecule has 7 heteroatoms. The number of hydrogen-bond acceptors (Lipinski definition) is 5. The van der Waals surface area contributed by atoms with Gasteiger partial charge in [-0.2, -0.15) is 0 Å². The van der Waals surface area contributed by atoms with E-state index in [9.17, 15) is 14.4 Å². The van der Waals surface area contributed by atoms with Gasteiger partial charge >= 0.3 is 12.0 Å². The van der Waals surface area contributed by atoms with Crippen molar-refractivity contribution in [3.63, 3.8) is 0 Å². The van der Waals surface area contributed by atoms with Crippen LogP contribution in [0.4, 0.5) is 4.79 Å². The first-order valence-electron chi connectivity index (χ1n) is 13.3. The van der Waals surface area contributed by atoms with Crippen molar-refractivity contribution in [2.45, 2.75) is 58.7 Å². The lowest BCUT2D eigenvalue weighted by Crippen LogP contribution is -2.73. The fourth-order valence-corrected chi connectivity index (χ4v) is 5.00. The van der Waals surface area contributed by atoms with E-state index >= 15 is 0 Å². The van der Waals surface area contributed by atoms with Crippen LogP contribution in [0, 0.1) is 12.3 Å². The zero-order chi connectivity index (χ0) is 28.0. The van der Waals surface area contributed by atoms with Gasteiger partial charge in [-0.15, -0.1) is 0 Å². The van der Waals surface area contributed by atoms with Crippen LogP contribution in [0.25, 0.3) is 0 Å². The van der Waals surface area contributed by atoms with Crippen LogP contribution in [0.2, 0.25) is 0 Å². The Balaban J connectivity index is 1.47. The maximum Gasteiger partial charge on any atom is 0.330 e. The predicted molar refractivity (Wildman–Crippen MR) is 149 cm³/mol. The minimum atomic E-state index is -1.03. The van der Waals surface area contributed by atoms with Gasteiger partial charge in [0, 0.05) is 0 Å². The monoisotopic (exact) mass is 528 g/mol. The number of urea groups is 1. The summed E-state index contributed by atoms with van der Waals surface area (Å²) >= 11 is 0. The number of β-lactam (4-membered cyclic amide) rings is 1. The van der Waals surface area contributed by atoms with E-state index < -0.39 is 23.5 Å². The number of likely N-dealkylation sites (tertiary alicyclic amines) is 1. The Hall–Kier alpha value is -4.13. The van der Waals surface area contributed by atoms with Gasteiger partial charge in [0.15, 0.2) is 6.04 Å². The molecule has 1 aliphatic heterocycles. The standard InChI is InChI=1S/C32H36N2O5/c1-22-12-14-24(15-13-22)9-8-20-32(3)28(29(35)39-21-25-16-18-27(38-4)19-17-25)34(30(32)36)31(37)33-23(2)26-10-6-5-7-11-26/h5-7,10-19,23,28H,8-9,20-21H2,1-4H3,(H,33,37)/t23-,28-,32?/m1/s1. The van der Waals surface area contributed by atoms with Gasteiger partial charge < -0.3 is 14.8 Å². The summed E-state index contributed by atoms with van der Waals surface area (Å²) in [4.78, 5) is 41.1. The number of nitrogens with zero attached hydrogens (tertiary/aromatic N) is 1. The number of nitrogens with one attached hydrogen (secondary N) is 1. The molecule has 0 aliphatic carbocycles. The van der Waals surface area contributed by atoms with Crippen molar-refractivity contribution < 1.29 is 23.9 Å². The first kappa shape index (κ1) is 27.9. The van der Waals surface area contributed by atoms with Crippen LogP contribution in [0.5, 0.6) is 5.75 Å². The normalized spacial score (nSPS) is 19.1. The second-order valence-corrected chi connectivity index (χ2v) is 10.4. The summed E-state index contributed by atoms with van der Waals surface area (Å²) in [5.41, 5.74) is 3.00. The molecular formula is C32H36N2O5. The number of carbonyl (C=O) groups is 3. The number of rotatable bonds is 10. The molecule has 3 atom stereocenters. The summed E-state index contributed by atoms with van der Waals surface area (Å²) in [6, 6.07) is 23.0. The summed E-state index contributed by atoms with van der Waals surface area (Å²) in [7, 11) is 1.58. The summed E-state index contributed by atoms with van der Waals surface area (Å²) in [6.45, 7) is 5.67. The predicted octanol–water partition coefficient (Wildman–Crippen LogP) is 5.76. The van der Waals surface area contributed by atoms with E-state index in [1.54, 1.807) is 26.2 Å². The largest absolute Gasteiger partial charge is 0.497 e. The van der Waals surface area contributed by atoms with Crippen LogP contribution in [0.3, 0.4) is 0 Å². The van der Waals surface area contributed by atoms with E-state index in [-0.39, 0.29) is 18.6 Å². The number of ether oxygens (including phenoxy) is 2. The lowest BCUT2D eigenvalue weighted by molar-refractivity contribution is -0.181. The summed E-state index contributed by atoms with van der Waals surface area (Å²) in [6.07, 6.45) is 1.93. The van der Waals surface area contributed by atoms with Crippen LogP contribution >= 0.6 is 0 Å². The van der Waals surface area contributed by atoms with Gasteiger partial charge in [-0.25, -0.2) is 14.5 Å². The molecule has 7 nitrogen and oxygen atoms in total. The van der Waals surface area contributed by atoms with Gasteiger partial charge in [-0.3, -0.25) is 4.79 Å². The lowest BCUT2D eigenvalue weighted by atomic mass is 9.68. The van der Waals surface area contributed by atoms with Crippen molar-refractivity contribution in [1.29, 1.82) is 0 Å². The quantitative estimate of drug-likeness (QED) is 0.267. The molecule has 204 valence electrons. The van der Waals surface area contributed by atoms with Gasteiger partial charge in [-0.05, 0) is 68.9 Å². The summed E-state index contributed by atoms with van der Waals surface area (Å²) in [5.74, 6) is -0.257. The highest BCUT2D eigenvalue weighted by Gasteiger charge is 2.63. The molecule has 3 amide bonds. The van der Waals surface area contributed by atoms with E-state index in [4.69, 9.17) is 9.47 Å². The Morgan fingerprint density at radius 1 is 0.974 bits per heavy atom. The van der Waals surface area contributed by atoms with Crippen molar-refractivity contribution >= 4 is 17.9 Å². The smallest absolute Gasteiger partial charge is 0.330 e. The van der Waals surface area contributed by atoms with Gasteiger partial charge in [0.2, 0.25) is 5.91 Å². The molecule has 1 saturated heterocycles. The van der Waals surface area contributed by atoms with E-state index in [0.29, 0.717) is 18.6 Å². The third-order valence-corrected chi connectivity index (χ3v) is 7.47.